The molecule has 1 aliphatic heterocycles. The number of rotatable bonds is 5. The number of benzene rings is 1. The lowest BCUT2D eigenvalue weighted by atomic mass is 9.83. The average Bonchev–Trinajstić information content (AvgIpc) is 3.21. The Bertz CT molecular complexity index is 941. The third-order valence-electron chi connectivity index (χ3n) is 5.59. The fraction of sp³-hybridized carbons (Fsp3) is 0.500. The van der Waals surface area contributed by atoms with Crippen LogP contribution in [-0.2, 0) is 9.53 Å². The predicted octanol–water partition coefficient (Wildman–Crippen LogP) is 5.26. The van der Waals surface area contributed by atoms with Gasteiger partial charge in [0.1, 0.15) is 5.01 Å². The summed E-state index contributed by atoms with van der Waals surface area (Å²) in [5.41, 5.74) is 2.92. The molecule has 0 unspecified atom stereocenters. The van der Waals surface area contributed by atoms with Crippen LogP contribution in [0.15, 0.2) is 29.6 Å². The molecule has 4 rings (SSSR count). The Morgan fingerprint density at radius 3 is 2.45 bits per heavy atom. The molecule has 11 heteroatoms. The van der Waals surface area contributed by atoms with Crippen LogP contribution in [0.3, 0.4) is 0 Å². The molecule has 2 heterocycles. The molecule has 33 heavy (non-hydrogen) atoms. The zero-order valence-corrected chi connectivity index (χ0v) is 18.7. The van der Waals surface area contributed by atoms with E-state index in [0.29, 0.717) is 18.4 Å². The highest BCUT2D eigenvalue weighted by molar-refractivity contribution is 7.13. The second-order valence-electron chi connectivity index (χ2n) is 7.97. The van der Waals surface area contributed by atoms with Gasteiger partial charge in [-0.05, 0) is 56.8 Å². The number of para-hydroxylation sites is 1. The van der Waals surface area contributed by atoms with Crippen LogP contribution >= 0.6 is 11.3 Å². The van der Waals surface area contributed by atoms with Gasteiger partial charge in [-0.15, -0.1) is 11.3 Å². The second kappa shape index (κ2) is 11.5. The van der Waals surface area contributed by atoms with E-state index in [1.807, 2.05) is 24.3 Å². The lowest BCUT2D eigenvalue weighted by Crippen LogP contribution is -2.31. The molecular formula is C22H26F3N3O4S. The number of alkyl halides is 3. The number of carboxylic acids is 1. The van der Waals surface area contributed by atoms with Gasteiger partial charge in [0.25, 0.3) is 0 Å². The first kappa shape index (κ1) is 25.0. The molecule has 0 atom stereocenters. The van der Waals surface area contributed by atoms with Gasteiger partial charge in [-0.2, -0.15) is 13.2 Å². The summed E-state index contributed by atoms with van der Waals surface area (Å²) < 4.78 is 37.2. The number of nitrogens with one attached hydrogen (secondary N) is 2. The number of aromatic nitrogens is 1. The number of thiazole rings is 1. The standard InChI is InChI=1S/C20H25N3O2S.C2HF3O2/c24-20(25-12-14-8-10-21-11-9-14)23-17-7-2-1-6-16(17)19-22-18(13-26-19)15-4-3-5-15;3-2(4,5)1(6)7/h1-2,6-7,13-15,21H,3-5,8-12H2,(H,23,24);(H,6,7). The maximum atomic E-state index is 12.2. The van der Waals surface area contributed by atoms with Crippen molar-refractivity contribution in [3.05, 3.63) is 35.3 Å². The van der Waals surface area contributed by atoms with Crippen LogP contribution in [0.2, 0.25) is 0 Å². The molecule has 1 aromatic heterocycles. The van der Waals surface area contributed by atoms with Gasteiger partial charge in [-0.3, -0.25) is 5.32 Å². The van der Waals surface area contributed by atoms with Gasteiger partial charge in [0, 0.05) is 16.9 Å². The fourth-order valence-electron chi connectivity index (χ4n) is 3.47. The van der Waals surface area contributed by atoms with Gasteiger partial charge >= 0.3 is 18.2 Å². The number of carbonyl (C=O) groups is 2. The lowest BCUT2D eigenvalue weighted by Gasteiger charge is -2.23. The van der Waals surface area contributed by atoms with Gasteiger partial charge in [0.2, 0.25) is 0 Å². The van der Waals surface area contributed by atoms with E-state index in [0.717, 1.165) is 42.2 Å². The molecule has 1 aliphatic carbocycles. The summed E-state index contributed by atoms with van der Waals surface area (Å²) in [6.07, 6.45) is 0.447. The Labute approximate surface area is 193 Å². The van der Waals surface area contributed by atoms with Crippen molar-refractivity contribution in [2.45, 2.75) is 44.2 Å². The molecular weight excluding hydrogens is 459 g/mol. The van der Waals surface area contributed by atoms with Gasteiger partial charge in [0.15, 0.2) is 0 Å². The van der Waals surface area contributed by atoms with E-state index in [4.69, 9.17) is 19.6 Å². The van der Waals surface area contributed by atoms with Crippen molar-refractivity contribution >= 4 is 29.1 Å². The van der Waals surface area contributed by atoms with Crippen molar-refractivity contribution in [3.8, 4) is 10.6 Å². The molecule has 7 nitrogen and oxygen atoms in total. The maximum Gasteiger partial charge on any atom is 0.490 e. The predicted molar refractivity (Wildman–Crippen MR) is 118 cm³/mol. The van der Waals surface area contributed by atoms with Crippen LogP contribution < -0.4 is 10.6 Å². The SMILES string of the molecule is O=C(Nc1ccccc1-c1nc(C2CCC2)cs1)OCC1CCNCC1.O=C(O)C(F)(F)F. The van der Waals surface area contributed by atoms with E-state index in [1.165, 1.54) is 25.0 Å². The van der Waals surface area contributed by atoms with E-state index in [9.17, 15) is 18.0 Å². The number of halogens is 3. The van der Waals surface area contributed by atoms with E-state index in [2.05, 4.69) is 16.0 Å². The van der Waals surface area contributed by atoms with Crippen LogP contribution in [0.4, 0.5) is 23.7 Å². The molecule has 1 saturated carbocycles. The highest BCUT2D eigenvalue weighted by Gasteiger charge is 2.38. The fourth-order valence-corrected chi connectivity index (χ4v) is 4.41. The molecule has 1 aromatic carbocycles. The third-order valence-corrected chi connectivity index (χ3v) is 6.48. The number of amides is 1. The minimum atomic E-state index is -5.08. The normalized spacial score (nSPS) is 16.8. The molecule has 3 N–H and O–H groups in total. The summed E-state index contributed by atoms with van der Waals surface area (Å²) in [5.74, 6) is -1.68. The van der Waals surface area contributed by atoms with Gasteiger partial charge < -0.3 is 15.2 Å². The molecule has 2 aliphatic rings. The van der Waals surface area contributed by atoms with Gasteiger partial charge in [-0.1, -0.05) is 18.6 Å². The molecule has 180 valence electrons. The van der Waals surface area contributed by atoms with Gasteiger partial charge in [0.05, 0.1) is 18.0 Å². The number of piperidine rings is 1. The monoisotopic (exact) mass is 485 g/mol. The number of anilines is 1. The number of carbonyl (C=O) groups excluding carboxylic acids is 1. The summed E-state index contributed by atoms with van der Waals surface area (Å²) in [5, 5.41) is 16.5. The number of aliphatic carboxylic acids is 1. The van der Waals surface area contributed by atoms with Crippen LogP contribution in [0.25, 0.3) is 10.6 Å². The maximum absolute atomic E-state index is 12.2. The third kappa shape index (κ3) is 7.43. The zero-order valence-electron chi connectivity index (χ0n) is 17.9. The molecule has 2 fully saturated rings. The van der Waals surface area contributed by atoms with E-state index in [-0.39, 0.29) is 6.09 Å². The highest BCUT2D eigenvalue weighted by Crippen LogP contribution is 2.39. The minimum absolute atomic E-state index is 0.383. The first-order valence-electron chi connectivity index (χ1n) is 10.7. The second-order valence-corrected chi connectivity index (χ2v) is 8.83. The van der Waals surface area contributed by atoms with Crippen molar-refractivity contribution < 1.29 is 32.6 Å². The average molecular weight is 486 g/mol. The van der Waals surface area contributed by atoms with Crippen LogP contribution in [-0.4, -0.2) is 48.0 Å². The topological polar surface area (TPSA) is 101 Å². The minimum Gasteiger partial charge on any atom is -0.475 e. The smallest absolute Gasteiger partial charge is 0.475 e. The quantitative estimate of drug-likeness (QED) is 0.534. The molecule has 1 saturated heterocycles. The van der Waals surface area contributed by atoms with E-state index in [1.54, 1.807) is 11.3 Å². The van der Waals surface area contributed by atoms with Crippen molar-refractivity contribution in [2.75, 3.05) is 25.0 Å². The summed E-state index contributed by atoms with van der Waals surface area (Å²) in [4.78, 5) is 25.9. The number of hydrogen-bond donors (Lipinski definition) is 3. The zero-order chi connectivity index (χ0) is 23.8. The Morgan fingerprint density at radius 1 is 1.18 bits per heavy atom. The van der Waals surface area contributed by atoms with Gasteiger partial charge in [-0.25, -0.2) is 14.6 Å². The first-order valence-corrected chi connectivity index (χ1v) is 11.6. The molecule has 0 spiro atoms. The highest BCUT2D eigenvalue weighted by atomic mass is 32.1. The summed E-state index contributed by atoms with van der Waals surface area (Å²) >= 11 is 1.65. The number of nitrogens with zero attached hydrogens (tertiary/aromatic N) is 1. The largest absolute Gasteiger partial charge is 0.490 e. The number of ether oxygens (including phenoxy) is 1. The Balaban J connectivity index is 0.000000383. The van der Waals surface area contributed by atoms with E-state index < -0.39 is 12.1 Å². The summed E-state index contributed by atoms with van der Waals surface area (Å²) in [6.45, 7) is 2.50. The van der Waals surface area contributed by atoms with Crippen LogP contribution in [0.1, 0.15) is 43.7 Å². The summed E-state index contributed by atoms with van der Waals surface area (Å²) in [7, 11) is 0. The van der Waals surface area contributed by atoms with Crippen LogP contribution in [0, 0.1) is 5.92 Å². The van der Waals surface area contributed by atoms with Crippen molar-refractivity contribution in [3.63, 3.8) is 0 Å². The molecule has 2 aromatic rings. The van der Waals surface area contributed by atoms with Crippen molar-refractivity contribution in [2.24, 2.45) is 5.92 Å². The lowest BCUT2D eigenvalue weighted by molar-refractivity contribution is -0.192. The first-order chi connectivity index (χ1) is 15.7. The summed E-state index contributed by atoms with van der Waals surface area (Å²) in [6, 6.07) is 7.81. The molecule has 0 radical (unpaired) electrons. The Kier molecular flexibility index (Phi) is 8.67. The van der Waals surface area contributed by atoms with Crippen molar-refractivity contribution in [1.82, 2.24) is 10.3 Å². The van der Waals surface area contributed by atoms with E-state index >= 15 is 0 Å². The Hall–Kier alpha value is -2.66. The van der Waals surface area contributed by atoms with Crippen molar-refractivity contribution in [1.29, 1.82) is 0 Å². The molecule has 1 amide bonds. The number of carboxylic acid groups (broad SMARTS) is 1. The number of hydrogen-bond acceptors (Lipinski definition) is 6. The molecule has 0 bridgehead atoms. The Morgan fingerprint density at radius 2 is 1.85 bits per heavy atom. The van der Waals surface area contributed by atoms with Crippen LogP contribution in [0.5, 0.6) is 0 Å².